The van der Waals surface area contributed by atoms with Gasteiger partial charge in [0.15, 0.2) is 0 Å². The minimum Gasteiger partial charge on any atom is -0.394 e. The first-order valence-electron chi connectivity index (χ1n) is 7.18. The van der Waals surface area contributed by atoms with Crippen molar-refractivity contribution in [2.75, 3.05) is 40.4 Å². The molecule has 0 saturated carbocycles. The van der Waals surface area contributed by atoms with E-state index in [4.69, 9.17) is 4.74 Å². The van der Waals surface area contributed by atoms with Crippen molar-refractivity contribution >= 4 is 0 Å². The third-order valence-corrected chi connectivity index (χ3v) is 4.27. The Morgan fingerprint density at radius 2 is 2.00 bits per heavy atom. The van der Waals surface area contributed by atoms with Gasteiger partial charge in [0, 0.05) is 25.7 Å². The van der Waals surface area contributed by atoms with E-state index in [0.29, 0.717) is 6.10 Å². The van der Waals surface area contributed by atoms with Gasteiger partial charge in [0.05, 0.1) is 12.7 Å². The van der Waals surface area contributed by atoms with Crippen LogP contribution in [0.1, 0.15) is 39.0 Å². The Hall–Kier alpha value is -0.160. The lowest BCUT2D eigenvalue weighted by Gasteiger charge is -2.31. The van der Waals surface area contributed by atoms with Crippen molar-refractivity contribution in [1.82, 2.24) is 10.2 Å². The third-order valence-electron chi connectivity index (χ3n) is 4.27. The van der Waals surface area contributed by atoms with Crippen LogP contribution in [0.2, 0.25) is 0 Å². The van der Waals surface area contributed by atoms with Gasteiger partial charge in [0.2, 0.25) is 0 Å². The summed E-state index contributed by atoms with van der Waals surface area (Å²) in [5.74, 6) is 0. The number of aliphatic hydroxyl groups excluding tert-OH is 1. The van der Waals surface area contributed by atoms with Gasteiger partial charge in [-0.2, -0.15) is 0 Å². The number of methoxy groups -OCH3 is 1. The summed E-state index contributed by atoms with van der Waals surface area (Å²) in [6.07, 6.45) is 6.23. The number of likely N-dealkylation sites (tertiary alicyclic amines) is 1. The van der Waals surface area contributed by atoms with Gasteiger partial charge >= 0.3 is 0 Å². The van der Waals surface area contributed by atoms with E-state index in [1.54, 1.807) is 0 Å². The number of ether oxygens (including phenoxy) is 1. The highest BCUT2D eigenvalue weighted by molar-refractivity contribution is 4.80. The minimum absolute atomic E-state index is 0.108. The van der Waals surface area contributed by atoms with Crippen LogP contribution in [0.3, 0.4) is 0 Å². The Labute approximate surface area is 112 Å². The maximum absolute atomic E-state index is 9.30. The number of piperidine rings is 1. The Balaban J connectivity index is 2.08. The summed E-state index contributed by atoms with van der Waals surface area (Å²) in [6.45, 7) is 5.81. The normalized spacial score (nSPS) is 22.0. The Morgan fingerprint density at radius 3 is 2.50 bits per heavy atom. The van der Waals surface area contributed by atoms with Crippen LogP contribution in [0.15, 0.2) is 0 Å². The summed E-state index contributed by atoms with van der Waals surface area (Å²) in [6, 6.07) is 0. The Bertz CT molecular complexity index is 212. The number of hydrogen-bond acceptors (Lipinski definition) is 4. The fourth-order valence-electron chi connectivity index (χ4n) is 2.50. The quantitative estimate of drug-likeness (QED) is 0.643. The number of nitrogens with one attached hydrogen (secondary N) is 1. The molecule has 0 aromatic carbocycles. The highest BCUT2D eigenvalue weighted by Gasteiger charge is 2.21. The molecule has 2 N–H and O–H groups in total. The van der Waals surface area contributed by atoms with Crippen LogP contribution < -0.4 is 5.32 Å². The monoisotopic (exact) mass is 258 g/mol. The lowest BCUT2D eigenvalue weighted by molar-refractivity contribution is 0.0404. The molecule has 1 aliphatic rings. The molecule has 0 radical (unpaired) electrons. The fraction of sp³-hybridized carbons (Fsp3) is 1.00. The SMILES string of the molecule is CNC(C)(CO)CCCCN1CCC(OC)CC1. The zero-order valence-electron chi connectivity index (χ0n) is 12.2. The molecule has 0 aromatic heterocycles. The van der Waals surface area contributed by atoms with Crippen molar-refractivity contribution in [3.05, 3.63) is 0 Å². The molecule has 1 fully saturated rings. The molecule has 18 heavy (non-hydrogen) atoms. The third kappa shape index (κ3) is 5.22. The topological polar surface area (TPSA) is 44.7 Å². The van der Waals surface area contributed by atoms with E-state index < -0.39 is 0 Å². The lowest BCUT2D eigenvalue weighted by atomic mass is 9.96. The first-order valence-corrected chi connectivity index (χ1v) is 7.18. The van der Waals surface area contributed by atoms with Crippen LogP contribution >= 0.6 is 0 Å². The average molecular weight is 258 g/mol. The summed E-state index contributed by atoms with van der Waals surface area (Å²) < 4.78 is 5.38. The van der Waals surface area contributed by atoms with Crippen LogP contribution in [-0.2, 0) is 4.74 Å². The van der Waals surface area contributed by atoms with E-state index in [2.05, 4.69) is 17.1 Å². The van der Waals surface area contributed by atoms with Gasteiger partial charge in [-0.1, -0.05) is 6.42 Å². The van der Waals surface area contributed by atoms with Crippen molar-refractivity contribution < 1.29 is 9.84 Å². The summed E-state index contributed by atoms with van der Waals surface area (Å²) in [5.41, 5.74) is -0.108. The van der Waals surface area contributed by atoms with Crippen LogP contribution in [0.5, 0.6) is 0 Å². The first kappa shape index (κ1) is 15.9. The predicted molar refractivity (Wildman–Crippen MR) is 74.9 cm³/mol. The maximum atomic E-state index is 9.30. The Morgan fingerprint density at radius 1 is 1.33 bits per heavy atom. The smallest absolute Gasteiger partial charge is 0.0610 e. The van der Waals surface area contributed by atoms with Gasteiger partial charge in [-0.05, 0) is 46.2 Å². The number of likely N-dealkylation sites (N-methyl/N-ethyl adjacent to an activating group) is 1. The molecule has 4 heteroatoms. The van der Waals surface area contributed by atoms with Crippen molar-refractivity contribution in [2.45, 2.75) is 50.7 Å². The molecular weight excluding hydrogens is 228 g/mol. The number of aliphatic hydroxyl groups is 1. The zero-order chi connectivity index (χ0) is 13.4. The maximum Gasteiger partial charge on any atom is 0.0610 e. The highest BCUT2D eigenvalue weighted by atomic mass is 16.5. The molecule has 0 bridgehead atoms. The van der Waals surface area contributed by atoms with Crippen molar-refractivity contribution in [1.29, 1.82) is 0 Å². The van der Waals surface area contributed by atoms with Gasteiger partial charge in [0.25, 0.3) is 0 Å². The lowest BCUT2D eigenvalue weighted by Crippen LogP contribution is -2.43. The van der Waals surface area contributed by atoms with Crippen LogP contribution in [-0.4, -0.2) is 62.0 Å². The molecule has 1 saturated heterocycles. The van der Waals surface area contributed by atoms with Gasteiger partial charge in [-0.25, -0.2) is 0 Å². The van der Waals surface area contributed by atoms with E-state index in [1.165, 1.54) is 45.3 Å². The van der Waals surface area contributed by atoms with Crippen molar-refractivity contribution in [3.63, 3.8) is 0 Å². The molecule has 1 unspecified atom stereocenters. The standard InChI is InChI=1S/C14H30N2O2/c1-14(12-17,15-2)8-4-5-9-16-10-6-13(18-3)7-11-16/h13,15,17H,4-12H2,1-3H3. The van der Waals surface area contributed by atoms with E-state index in [9.17, 15) is 5.11 Å². The van der Waals surface area contributed by atoms with Crippen LogP contribution in [0, 0.1) is 0 Å². The average Bonchev–Trinajstić information content (AvgIpc) is 2.44. The fourth-order valence-corrected chi connectivity index (χ4v) is 2.50. The molecule has 4 nitrogen and oxygen atoms in total. The van der Waals surface area contributed by atoms with Crippen molar-refractivity contribution in [2.24, 2.45) is 0 Å². The molecule has 0 aromatic rings. The highest BCUT2D eigenvalue weighted by Crippen LogP contribution is 2.16. The molecular formula is C14H30N2O2. The molecule has 1 atom stereocenters. The molecule has 1 heterocycles. The number of unbranched alkanes of at least 4 members (excludes halogenated alkanes) is 1. The zero-order valence-corrected chi connectivity index (χ0v) is 12.2. The summed E-state index contributed by atoms with van der Waals surface area (Å²) >= 11 is 0. The van der Waals surface area contributed by atoms with Crippen LogP contribution in [0.25, 0.3) is 0 Å². The summed E-state index contributed by atoms with van der Waals surface area (Å²) in [4.78, 5) is 2.53. The second-order valence-corrected chi connectivity index (χ2v) is 5.70. The molecule has 0 aliphatic carbocycles. The Kier molecular flexibility index (Phi) is 7.15. The van der Waals surface area contributed by atoms with Gasteiger partial charge < -0.3 is 20.1 Å². The van der Waals surface area contributed by atoms with Crippen molar-refractivity contribution in [3.8, 4) is 0 Å². The number of nitrogens with zero attached hydrogens (tertiary/aromatic N) is 1. The van der Waals surface area contributed by atoms with E-state index in [-0.39, 0.29) is 12.1 Å². The predicted octanol–water partition coefficient (Wildman–Crippen LogP) is 1.24. The molecule has 108 valence electrons. The number of rotatable bonds is 8. The molecule has 1 rings (SSSR count). The van der Waals surface area contributed by atoms with Gasteiger partial charge in [0.1, 0.15) is 0 Å². The first-order chi connectivity index (χ1) is 8.63. The second kappa shape index (κ2) is 8.10. The van der Waals surface area contributed by atoms with E-state index in [0.717, 1.165) is 6.42 Å². The molecule has 1 aliphatic heterocycles. The minimum atomic E-state index is -0.108. The second-order valence-electron chi connectivity index (χ2n) is 5.70. The number of hydrogen-bond donors (Lipinski definition) is 2. The largest absolute Gasteiger partial charge is 0.394 e. The van der Waals surface area contributed by atoms with E-state index in [1.807, 2.05) is 14.2 Å². The summed E-state index contributed by atoms with van der Waals surface area (Å²) in [5, 5.41) is 12.5. The van der Waals surface area contributed by atoms with Gasteiger partial charge in [-0.3, -0.25) is 0 Å². The summed E-state index contributed by atoms with van der Waals surface area (Å²) in [7, 11) is 3.74. The molecule has 0 amide bonds. The molecule has 0 spiro atoms. The van der Waals surface area contributed by atoms with E-state index >= 15 is 0 Å². The van der Waals surface area contributed by atoms with Crippen LogP contribution in [0.4, 0.5) is 0 Å². The van der Waals surface area contributed by atoms with Gasteiger partial charge in [-0.15, -0.1) is 0 Å².